The maximum absolute atomic E-state index is 11.3. The second-order valence-electron chi connectivity index (χ2n) is 4.48. The van der Waals surface area contributed by atoms with Crippen molar-refractivity contribution in [3.63, 3.8) is 0 Å². The third-order valence-corrected chi connectivity index (χ3v) is 4.61. The Kier molecular flexibility index (Phi) is 3.64. The summed E-state index contributed by atoms with van der Waals surface area (Å²) in [4.78, 5) is 15.8. The second kappa shape index (κ2) is 5.45. The van der Waals surface area contributed by atoms with Crippen LogP contribution < -0.4 is 5.32 Å². The molecule has 21 heavy (non-hydrogen) atoms. The molecule has 0 saturated heterocycles. The van der Waals surface area contributed by atoms with Crippen LogP contribution in [0.3, 0.4) is 0 Å². The van der Waals surface area contributed by atoms with E-state index >= 15 is 0 Å². The van der Waals surface area contributed by atoms with Gasteiger partial charge in [0.1, 0.15) is 6.20 Å². The lowest BCUT2D eigenvalue weighted by molar-refractivity contribution is -0.389. The predicted octanol–water partition coefficient (Wildman–Crippen LogP) is 4.24. The number of imidazole rings is 1. The van der Waals surface area contributed by atoms with Gasteiger partial charge in [0.25, 0.3) is 4.96 Å². The first-order valence-corrected chi connectivity index (χ1v) is 7.86. The fourth-order valence-corrected chi connectivity index (χ4v) is 3.49. The molecule has 1 atom stereocenters. The van der Waals surface area contributed by atoms with E-state index in [1.807, 2.05) is 31.2 Å². The summed E-state index contributed by atoms with van der Waals surface area (Å²) < 4.78 is 2.44. The SMILES string of the molecule is CC(Nc1nc2sccn2c1[N+](=O)[O-])c1ccccc1Br. The van der Waals surface area contributed by atoms with E-state index in [-0.39, 0.29) is 17.7 Å². The van der Waals surface area contributed by atoms with Crippen molar-refractivity contribution in [2.45, 2.75) is 13.0 Å². The molecule has 3 rings (SSSR count). The van der Waals surface area contributed by atoms with Crippen molar-refractivity contribution < 1.29 is 4.92 Å². The minimum Gasteiger partial charge on any atom is -0.358 e. The van der Waals surface area contributed by atoms with Crippen molar-refractivity contribution >= 4 is 43.9 Å². The van der Waals surface area contributed by atoms with Crippen LogP contribution in [0.15, 0.2) is 40.3 Å². The summed E-state index contributed by atoms with van der Waals surface area (Å²) in [6, 6.07) is 7.65. The van der Waals surface area contributed by atoms with E-state index in [9.17, 15) is 10.1 Å². The zero-order chi connectivity index (χ0) is 15.0. The Bertz CT molecular complexity index is 813. The number of benzene rings is 1. The molecule has 0 bridgehead atoms. The van der Waals surface area contributed by atoms with Crippen LogP contribution in [0.2, 0.25) is 0 Å². The Morgan fingerprint density at radius 1 is 1.48 bits per heavy atom. The smallest absolute Gasteiger partial charge is 0.358 e. The van der Waals surface area contributed by atoms with Crippen molar-refractivity contribution in [2.75, 3.05) is 5.32 Å². The highest BCUT2D eigenvalue weighted by atomic mass is 79.9. The van der Waals surface area contributed by atoms with E-state index < -0.39 is 4.92 Å². The summed E-state index contributed by atoms with van der Waals surface area (Å²) in [5.41, 5.74) is 1.02. The van der Waals surface area contributed by atoms with E-state index in [0.717, 1.165) is 10.0 Å². The summed E-state index contributed by atoms with van der Waals surface area (Å²) in [5.74, 6) is 0.250. The van der Waals surface area contributed by atoms with Gasteiger partial charge in [0.05, 0.1) is 6.04 Å². The van der Waals surface area contributed by atoms with Gasteiger partial charge in [0.2, 0.25) is 5.82 Å². The van der Waals surface area contributed by atoms with Gasteiger partial charge in [-0.1, -0.05) is 45.5 Å². The number of halogens is 1. The molecule has 0 amide bonds. The molecular weight excluding hydrogens is 356 g/mol. The number of anilines is 1. The topological polar surface area (TPSA) is 72.5 Å². The van der Waals surface area contributed by atoms with Crippen LogP contribution in [0.25, 0.3) is 4.96 Å². The molecule has 0 aliphatic carbocycles. The molecule has 1 N–H and O–H groups in total. The fraction of sp³-hybridized carbons (Fsp3) is 0.154. The fourth-order valence-electron chi connectivity index (χ4n) is 2.15. The van der Waals surface area contributed by atoms with Gasteiger partial charge in [0, 0.05) is 9.85 Å². The number of thiazole rings is 1. The summed E-state index contributed by atoms with van der Waals surface area (Å²) in [6.45, 7) is 1.94. The van der Waals surface area contributed by atoms with Gasteiger partial charge in [0.15, 0.2) is 0 Å². The third-order valence-electron chi connectivity index (χ3n) is 3.13. The molecule has 0 fully saturated rings. The highest BCUT2D eigenvalue weighted by molar-refractivity contribution is 9.10. The molecule has 1 aromatic carbocycles. The van der Waals surface area contributed by atoms with Crippen molar-refractivity contribution in [3.05, 3.63) is 56.0 Å². The average molecular weight is 367 g/mol. The van der Waals surface area contributed by atoms with Crippen LogP contribution in [0.4, 0.5) is 11.6 Å². The lowest BCUT2D eigenvalue weighted by atomic mass is 10.1. The normalized spacial score (nSPS) is 12.5. The van der Waals surface area contributed by atoms with Gasteiger partial charge in [-0.15, -0.1) is 0 Å². The first-order chi connectivity index (χ1) is 10.1. The number of rotatable bonds is 4. The molecule has 0 aliphatic rings. The first kappa shape index (κ1) is 14.0. The van der Waals surface area contributed by atoms with Crippen molar-refractivity contribution in [1.82, 2.24) is 9.38 Å². The molecule has 0 aliphatic heterocycles. The van der Waals surface area contributed by atoms with Gasteiger partial charge in [-0.05, 0) is 23.5 Å². The van der Waals surface area contributed by atoms with Gasteiger partial charge in [-0.25, -0.2) is 0 Å². The zero-order valence-corrected chi connectivity index (χ0v) is 13.4. The predicted molar refractivity (Wildman–Crippen MR) is 85.9 cm³/mol. The molecule has 0 radical (unpaired) electrons. The maximum atomic E-state index is 11.3. The summed E-state index contributed by atoms with van der Waals surface area (Å²) >= 11 is 4.85. The first-order valence-electron chi connectivity index (χ1n) is 6.19. The molecule has 8 heteroatoms. The van der Waals surface area contributed by atoms with E-state index in [4.69, 9.17) is 0 Å². The second-order valence-corrected chi connectivity index (χ2v) is 6.21. The summed E-state index contributed by atoms with van der Waals surface area (Å²) in [6.07, 6.45) is 1.65. The van der Waals surface area contributed by atoms with Crippen molar-refractivity contribution in [1.29, 1.82) is 0 Å². The van der Waals surface area contributed by atoms with Crippen LogP contribution in [0.1, 0.15) is 18.5 Å². The molecular formula is C13H11BrN4O2S. The molecule has 108 valence electrons. The third kappa shape index (κ3) is 2.52. The number of nitrogens with one attached hydrogen (secondary N) is 1. The Labute approximate surface area is 132 Å². The quantitative estimate of drug-likeness (QED) is 0.553. The van der Waals surface area contributed by atoms with Gasteiger partial charge in [-0.3, -0.25) is 0 Å². The Morgan fingerprint density at radius 3 is 2.95 bits per heavy atom. The van der Waals surface area contributed by atoms with E-state index in [2.05, 4.69) is 26.2 Å². The van der Waals surface area contributed by atoms with E-state index in [1.165, 1.54) is 15.7 Å². The number of hydrogen-bond donors (Lipinski definition) is 1. The van der Waals surface area contributed by atoms with Crippen LogP contribution in [0.5, 0.6) is 0 Å². The average Bonchev–Trinajstić information content (AvgIpc) is 2.98. The summed E-state index contributed by atoms with van der Waals surface area (Å²) in [7, 11) is 0. The number of hydrogen-bond acceptors (Lipinski definition) is 5. The van der Waals surface area contributed by atoms with Gasteiger partial charge < -0.3 is 15.4 Å². The molecule has 2 aromatic heterocycles. The largest absolute Gasteiger partial charge is 0.372 e. The minimum absolute atomic E-state index is 0.0369. The molecule has 0 spiro atoms. The zero-order valence-electron chi connectivity index (χ0n) is 11.0. The van der Waals surface area contributed by atoms with Crippen LogP contribution in [-0.4, -0.2) is 14.3 Å². The number of aromatic nitrogens is 2. The number of nitrogens with zero attached hydrogens (tertiary/aromatic N) is 3. The van der Waals surface area contributed by atoms with Crippen LogP contribution in [-0.2, 0) is 0 Å². The minimum atomic E-state index is -0.415. The molecule has 3 aromatic rings. The van der Waals surface area contributed by atoms with Crippen molar-refractivity contribution in [2.24, 2.45) is 0 Å². The number of fused-ring (bicyclic) bond motifs is 1. The molecule has 1 unspecified atom stereocenters. The highest BCUT2D eigenvalue weighted by Gasteiger charge is 2.25. The van der Waals surface area contributed by atoms with E-state index in [0.29, 0.717) is 4.96 Å². The van der Waals surface area contributed by atoms with Crippen molar-refractivity contribution in [3.8, 4) is 0 Å². The molecule has 2 heterocycles. The maximum Gasteiger partial charge on any atom is 0.372 e. The van der Waals surface area contributed by atoms with Crippen LogP contribution >= 0.6 is 27.3 Å². The summed E-state index contributed by atoms with van der Waals surface area (Å²) in [5, 5.41) is 16.2. The van der Waals surface area contributed by atoms with E-state index in [1.54, 1.807) is 11.6 Å². The number of nitro groups is 1. The Hall–Kier alpha value is -1.93. The Balaban J connectivity index is 1.98. The van der Waals surface area contributed by atoms with Gasteiger partial charge in [-0.2, -0.15) is 9.38 Å². The standard InChI is InChI=1S/C13H11BrN4O2S/c1-8(9-4-2-3-5-10(9)14)15-11-12(18(19)20)17-6-7-21-13(17)16-11/h2-8,15H,1H3. The molecule has 6 nitrogen and oxygen atoms in total. The highest BCUT2D eigenvalue weighted by Crippen LogP contribution is 2.32. The Morgan fingerprint density at radius 2 is 2.24 bits per heavy atom. The lowest BCUT2D eigenvalue weighted by Gasteiger charge is -2.15. The lowest BCUT2D eigenvalue weighted by Crippen LogP contribution is -2.09. The van der Waals surface area contributed by atoms with Crippen LogP contribution in [0, 0.1) is 10.1 Å². The molecule has 0 saturated carbocycles. The monoisotopic (exact) mass is 366 g/mol. The van der Waals surface area contributed by atoms with Gasteiger partial charge >= 0.3 is 5.82 Å².